The van der Waals surface area contributed by atoms with Gasteiger partial charge in [0, 0.05) is 18.5 Å². The van der Waals surface area contributed by atoms with Crippen molar-refractivity contribution in [3.05, 3.63) is 16.5 Å². The number of halogens is 1. The summed E-state index contributed by atoms with van der Waals surface area (Å²) < 4.78 is 0.876. The Hall–Kier alpha value is -0.640. The number of hydrogen-bond acceptors (Lipinski definition) is 3. The first-order valence-electron chi connectivity index (χ1n) is 7.03. The van der Waals surface area contributed by atoms with Crippen LogP contribution in [0.5, 0.6) is 0 Å². The maximum absolute atomic E-state index is 4.56. The van der Waals surface area contributed by atoms with Gasteiger partial charge in [-0.25, -0.2) is 9.97 Å². The predicted molar refractivity (Wildman–Crippen MR) is 78.8 cm³/mol. The molecule has 0 aromatic carbocycles. The Bertz CT molecular complexity index is 395. The summed E-state index contributed by atoms with van der Waals surface area (Å²) in [5, 5.41) is 3.62. The van der Waals surface area contributed by atoms with Gasteiger partial charge in [-0.3, -0.25) is 0 Å². The average molecular weight is 312 g/mol. The van der Waals surface area contributed by atoms with E-state index in [0.29, 0.717) is 6.04 Å². The SMILES string of the molecule is CCc1nc(Br)cc(NC2CCCCC2CC)n1. The minimum absolute atomic E-state index is 0.579. The molecule has 1 fully saturated rings. The molecule has 1 aliphatic rings. The molecule has 2 rings (SSSR count). The third kappa shape index (κ3) is 3.44. The lowest BCUT2D eigenvalue weighted by atomic mass is 9.83. The highest BCUT2D eigenvalue weighted by Gasteiger charge is 2.23. The van der Waals surface area contributed by atoms with Crippen LogP contribution in [-0.2, 0) is 6.42 Å². The molecule has 0 aliphatic heterocycles. The van der Waals surface area contributed by atoms with Crippen LogP contribution >= 0.6 is 15.9 Å². The normalized spacial score (nSPS) is 23.9. The lowest BCUT2D eigenvalue weighted by Gasteiger charge is -2.32. The molecule has 3 nitrogen and oxygen atoms in total. The van der Waals surface area contributed by atoms with Crippen molar-refractivity contribution in [2.24, 2.45) is 5.92 Å². The van der Waals surface area contributed by atoms with Gasteiger partial charge in [-0.1, -0.05) is 33.1 Å². The molecule has 1 saturated carbocycles. The molecule has 1 heterocycles. The second kappa shape index (κ2) is 6.50. The Morgan fingerprint density at radius 1 is 1.28 bits per heavy atom. The fourth-order valence-corrected chi connectivity index (χ4v) is 3.19. The molecular weight excluding hydrogens is 290 g/mol. The fraction of sp³-hybridized carbons (Fsp3) is 0.714. The van der Waals surface area contributed by atoms with Crippen LogP contribution in [0.3, 0.4) is 0 Å². The summed E-state index contributed by atoms with van der Waals surface area (Å²) in [5.41, 5.74) is 0. The van der Waals surface area contributed by atoms with Crippen molar-refractivity contribution in [2.75, 3.05) is 5.32 Å². The molecule has 2 atom stereocenters. The van der Waals surface area contributed by atoms with Crippen molar-refractivity contribution in [1.82, 2.24) is 9.97 Å². The summed E-state index contributed by atoms with van der Waals surface area (Å²) in [4.78, 5) is 8.91. The molecule has 18 heavy (non-hydrogen) atoms. The fourth-order valence-electron chi connectivity index (χ4n) is 2.77. The largest absolute Gasteiger partial charge is 0.367 e. The Labute approximate surface area is 118 Å². The highest BCUT2D eigenvalue weighted by molar-refractivity contribution is 9.10. The predicted octanol–water partition coefficient (Wildman–Crippen LogP) is 4.18. The van der Waals surface area contributed by atoms with Crippen LogP contribution in [0.1, 0.15) is 51.8 Å². The molecular formula is C14H22BrN3. The second-order valence-electron chi connectivity index (χ2n) is 5.05. The van der Waals surface area contributed by atoms with E-state index in [9.17, 15) is 0 Å². The van der Waals surface area contributed by atoms with Gasteiger partial charge in [-0.05, 0) is 34.7 Å². The van der Waals surface area contributed by atoms with Gasteiger partial charge in [0.2, 0.25) is 0 Å². The second-order valence-corrected chi connectivity index (χ2v) is 5.86. The molecule has 0 spiro atoms. The number of aryl methyl sites for hydroxylation is 1. The monoisotopic (exact) mass is 311 g/mol. The smallest absolute Gasteiger partial charge is 0.131 e. The van der Waals surface area contributed by atoms with Gasteiger partial charge in [0.05, 0.1) is 0 Å². The summed E-state index contributed by atoms with van der Waals surface area (Å²) in [7, 11) is 0. The highest BCUT2D eigenvalue weighted by Crippen LogP contribution is 2.29. The van der Waals surface area contributed by atoms with E-state index >= 15 is 0 Å². The molecule has 0 radical (unpaired) electrons. The number of aromatic nitrogens is 2. The standard InChI is InChI=1S/C14H22BrN3/c1-3-10-7-5-6-8-11(10)16-14-9-12(15)17-13(4-2)18-14/h9-11H,3-8H2,1-2H3,(H,16,17,18). The van der Waals surface area contributed by atoms with E-state index in [1.165, 1.54) is 32.1 Å². The molecule has 100 valence electrons. The maximum Gasteiger partial charge on any atom is 0.131 e. The molecule has 0 saturated heterocycles. The minimum Gasteiger partial charge on any atom is -0.367 e. The lowest BCUT2D eigenvalue weighted by Crippen LogP contribution is -2.32. The van der Waals surface area contributed by atoms with Crippen LogP contribution in [0.4, 0.5) is 5.82 Å². The molecule has 1 aromatic heterocycles. The van der Waals surface area contributed by atoms with E-state index in [0.717, 1.165) is 28.6 Å². The Balaban J connectivity index is 2.09. The molecule has 1 N–H and O–H groups in total. The Kier molecular flexibility index (Phi) is 4.98. The number of nitrogens with zero attached hydrogens (tertiary/aromatic N) is 2. The van der Waals surface area contributed by atoms with E-state index in [1.807, 2.05) is 6.07 Å². The van der Waals surface area contributed by atoms with Crippen LogP contribution in [0.25, 0.3) is 0 Å². The topological polar surface area (TPSA) is 37.8 Å². The van der Waals surface area contributed by atoms with Crippen LogP contribution < -0.4 is 5.32 Å². The van der Waals surface area contributed by atoms with E-state index in [1.54, 1.807) is 0 Å². The van der Waals surface area contributed by atoms with Crippen molar-refractivity contribution in [3.8, 4) is 0 Å². The van der Waals surface area contributed by atoms with E-state index in [-0.39, 0.29) is 0 Å². The maximum atomic E-state index is 4.56. The first-order chi connectivity index (χ1) is 8.72. The quantitative estimate of drug-likeness (QED) is 0.848. The number of anilines is 1. The zero-order valence-corrected chi connectivity index (χ0v) is 12.8. The van der Waals surface area contributed by atoms with Gasteiger partial charge >= 0.3 is 0 Å². The first kappa shape index (κ1) is 13.8. The Morgan fingerprint density at radius 3 is 2.78 bits per heavy atom. The van der Waals surface area contributed by atoms with E-state index in [4.69, 9.17) is 0 Å². The van der Waals surface area contributed by atoms with E-state index in [2.05, 4.69) is 45.1 Å². The first-order valence-corrected chi connectivity index (χ1v) is 7.82. The summed E-state index contributed by atoms with van der Waals surface area (Å²) in [6, 6.07) is 2.57. The van der Waals surface area contributed by atoms with Crippen molar-refractivity contribution in [2.45, 2.75) is 58.4 Å². The summed E-state index contributed by atoms with van der Waals surface area (Å²) in [6.07, 6.45) is 7.45. The van der Waals surface area contributed by atoms with Crippen molar-refractivity contribution in [3.63, 3.8) is 0 Å². The number of rotatable bonds is 4. The molecule has 4 heteroatoms. The van der Waals surface area contributed by atoms with Gasteiger partial charge < -0.3 is 5.32 Å². The van der Waals surface area contributed by atoms with Crippen molar-refractivity contribution in [1.29, 1.82) is 0 Å². The third-order valence-corrected chi connectivity index (χ3v) is 4.23. The van der Waals surface area contributed by atoms with Gasteiger partial charge in [0.1, 0.15) is 16.2 Å². The van der Waals surface area contributed by atoms with Gasteiger partial charge in [0.25, 0.3) is 0 Å². The summed E-state index contributed by atoms with van der Waals surface area (Å²) in [6.45, 7) is 4.37. The van der Waals surface area contributed by atoms with Gasteiger partial charge in [-0.2, -0.15) is 0 Å². The van der Waals surface area contributed by atoms with Crippen molar-refractivity contribution >= 4 is 21.7 Å². The van der Waals surface area contributed by atoms with Crippen LogP contribution in [0, 0.1) is 5.92 Å². The minimum atomic E-state index is 0.579. The van der Waals surface area contributed by atoms with Crippen LogP contribution in [-0.4, -0.2) is 16.0 Å². The van der Waals surface area contributed by atoms with Crippen LogP contribution in [0.15, 0.2) is 10.7 Å². The molecule has 0 bridgehead atoms. The summed E-state index contributed by atoms with van der Waals surface area (Å²) in [5.74, 6) is 2.66. The number of hydrogen-bond donors (Lipinski definition) is 1. The summed E-state index contributed by atoms with van der Waals surface area (Å²) >= 11 is 3.46. The van der Waals surface area contributed by atoms with Gasteiger partial charge in [0.15, 0.2) is 0 Å². The lowest BCUT2D eigenvalue weighted by molar-refractivity contribution is 0.316. The zero-order chi connectivity index (χ0) is 13.0. The molecule has 2 unspecified atom stereocenters. The van der Waals surface area contributed by atoms with Gasteiger partial charge in [-0.15, -0.1) is 0 Å². The average Bonchev–Trinajstić information content (AvgIpc) is 2.38. The van der Waals surface area contributed by atoms with Crippen LogP contribution in [0.2, 0.25) is 0 Å². The zero-order valence-electron chi connectivity index (χ0n) is 11.2. The van der Waals surface area contributed by atoms with E-state index < -0.39 is 0 Å². The molecule has 0 amide bonds. The number of nitrogens with one attached hydrogen (secondary N) is 1. The molecule has 1 aliphatic carbocycles. The van der Waals surface area contributed by atoms with Crippen molar-refractivity contribution < 1.29 is 0 Å². The Morgan fingerprint density at radius 2 is 2.06 bits per heavy atom. The third-order valence-electron chi connectivity index (χ3n) is 3.82. The highest BCUT2D eigenvalue weighted by atomic mass is 79.9. The molecule has 1 aromatic rings.